The van der Waals surface area contributed by atoms with Crippen LogP contribution in [0.2, 0.25) is 0 Å². The summed E-state index contributed by atoms with van der Waals surface area (Å²) in [7, 11) is 0. The van der Waals surface area contributed by atoms with Crippen LogP contribution in [0.1, 0.15) is 117 Å². The van der Waals surface area contributed by atoms with Gasteiger partial charge < -0.3 is 5.11 Å². The summed E-state index contributed by atoms with van der Waals surface area (Å²) in [4.78, 5) is 0. The van der Waals surface area contributed by atoms with Gasteiger partial charge in [0.25, 0.3) is 0 Å². The third kappa shape index (κ3) is 7.04. The van der Waals surface area contributed by atoms with Crippen molar-refractivity contribution in [1.82, 2.24) is 0 Å². The van der Waals surface area contributed by atoms with E-state index in [0.717, 1.165) is 17.5 Å². The number of aryl methyl sites for hydroxylation is 1. The zero-order valence-electron chi connectivity index (χ0n) is 18.0. The largest absolute Gasteiger partial charge is 0.507 e. The topological polar surface area (TPSA) is 20.2 Å². The van der Waals surface area contributed by atoms with Crippen LogP contribution in [0.3, 0.4) is 0 Å². The predicted molar refractivity (Wildman–Crippen MR) is 112 cm³/mol. The molecular formula is C24H42O. The second-order valence-electron chi connectivity index (χ2n) is 9.72. The molecule has 1 rings (SSSR count). The molecule has 1 aromatic rings. The quantitative estimate of drug-likeness (QED) is 0.455. The number of hydrogen-bond donors (Lipinski definition) is 1. The zero-order valence-corrected chi connectivity index (χ0v) is 18.0. The third-order valence-electron chi connectivity index (χ3n) is 5.12. The molecule has 144 valence electrons. The highest BCUT2D eigenvalue weighted by molar-refractivity contribution is 5.51. The molecule has 0 aliphatic carbocycles. The Labute approximate surface area is 157 Å². The molecule has 1 N–H and O–H groups in total. The minimum absolute atomic E-state index is 0.0267. The highest BCUT2D eigenvalue weighted by atomic mass is 16.3. The third-order valence-corrected chi connectivity index (χ3v) is 5.12. The molecule has 0 heterocycles. The number of phenolic OH excluding ortho intramolecular Hbond substituents is 1. The average molecular weight is 347 g/mol. The van der Waals surface area contributed by atoms with Crippen molar-refractivity contribution in [3.63, 3.8) is 0 Å². The minimum Gasteiger partial charge on any atom is -0.507 e. The summed E-state index contributed by atoms with van der Waals surface area (Å²) in [6.07, 6.45) is 11.8. The number of rotatable bonds is 9. The molecule has 1 aromatic carbocycles. The smallest absolute Gasteiger partial charge is 0.123 e. The van der Waals surface area contributed by atoms with Gasteiger partial charge in [-0.25, -0.2) is 0 Å². The monoisotopic (exact) mass is 346 g/mol. The van der Waals surface area contributed by atoms with Crippen molar-refractivity contribution in [2.24, 2.45) is 0 Å². The second kappa shape index (κ2) is 9.64. The molecule has 0 atom stereocenters. The molecule has 0 aliphatic heterocycles. The van der Waals surface area contributed by atoms with Gasteiger partial charge in [-0.3, -0.25) is 0 Å². The molecule has 1 nitrogen and oxygen atoms in total. The minimum atomic E-state index is -0.0270. The van der Waals surface area contributed by atoms with Gasteiger partial charge in [-0.15, -0.1) is 0 Å². The van der Waals surface area contributed by atoms with Crippen LogP contribution in [0.15, 0.2) is 12.1 Å². The maximum Gasteiger partial charge on any atom is 0.123 e. The predicted octanol–water partition coefficient (Wildman–Crippen LogP) is 7.67. The first-order valence-electron chi connectivity index (χ1n) is 10.4. The van der Waals surface area contributed by atoms with Crippen molar-refractivity contribution in [3.8, 4) is 5.75 Å². The Hall–Kier alpha value is -0.980. The fraction of sp³-hybridized carbons (Fsp3) is 0.750. The van der Waals surface area contributed by atoms with Gasteiger partial charge in [0.2, 0.25) is 0 Å². The van der Waals surface area contributed by atoms with E-state index in [1.54, 1.807) is 0 Å². The zero-order chi connectivity index (χ0) is 19.1. The van der Waals surface area contributed by atoms with Crippen molar-refractivity contribution < 1.29 is 5.11 Å². The summed E-state index contributed by atoms with van der Waals surface area (Å²) in [5, 5.41) is 11.0. The Bertz CT molecular complexity index is 514. The van der Waals surface area contributed by atoms with Crippen LogP contribution in [0.25, 0.3) is 0 Å². The van der Waals surface area contributed by atoms with Crippen LogP contribution < -0.4 is 0 Å². The van der Waals surface area contributed by atoms with Gasteiger partial charge >= 0.3 is 0 Å². The Morgan fingerprint density at radius 3 is 1.72 bits per heavy atom. The van der Waals surface area contributed by atoms with E-state index in [1.807, 2.05) is 0 Å². The fourth-order valence-electron chi connectivity index (χ4n) is 3.73. The highest BCUT2D eigenvalue weighted by Gasteiger charge is 2.27. The van der Waals surface area contributed by atoms with Gasteiger partial charge in [-0.1, -0.05) is 106 Å². The summed E-state index contributed by atoms with van der Waals surface area (Å²) < 4.78 is 0. The van der Waals surface area contributed by atoms with Crippen LogP contribution in [0, 0.1) is 0 Å². The molecule has 0 bridgehead atoms. The lowest BCUT2D eigenvalue weighted by Crippen LogP contribution is -2.19. The lowest BCUT2D eigenvalue weighted by molar-refractivity contribution is 0.420. The molecule has 0 spiro atoms. The van der Waals surface area contributed by atoms with Crippen LogP contribution in [0.5, 0.6) is 5.75 Å². The number of aromatic hydroxyl groups is 1. The van der Waals surface area contributed by atoms with Gasteiger partial charge in [-0.05, 0) is 34.8 Å². The molecule has 0 radical (unpaired) electrons. The summed E-state index contributed by atoms with van der Waals surface area (Å²) >= 11 is 0. The number of hydrogen-bond acceptors (Lipinski definition) is 1. The van der Waals surface area contributed by atoms with Gasteiger partial charge in [0.05, 0.1) is 0 Å². The van der Waals surface area contributed by atoms with Gasteiger partial charge in [-0.2, -0.15) is 0 Å². The molecule has 25 heavy (non-hydrogen) atoms. The van der Waals surface area contributed by atoms with Gasteiger partial charge in [0.15, 0.2) is 0 Å². The second-order valence-corrected chi connectivity index (χ2v) is 9.72. The van der Waals surface area contributed by atoms with E-state index in [9.17, 15) is 5.11 Å². The maximum absolute atomic E-state index is 11.0. The SMILES string of the molecule is CCCCCCCCCCc1ccc(C(C)(C)C)c(O)c1C(C)(C)C. The van der Waals surface area contributed by atoms with Crippen molar-refractivity contribution in [2.45, 2.75) is 117 Å². The van der Waals surface area contributed by atoms with E-state index in [2.05, 4.69) is 60.6 Å². The molecule has 1 heteroatoms. The van der Waals surface area contributed by atoms with Gasteiger partial charge in [0.1, 0.15) is 5.75 Å². The first kappa shape index (κ1) is 22.1. The molecule has 0 saturated heterocycles. The highest BCUT2D eigenvalue weighted by Crippen LogP contribution is 2.41. The first-order chi connectivity index (χ1) is 11.6. The molecule has 0 aromatic heterocycles. The summed E-state index contributed by atoms with van der Waals surface area (Å²) in [6.45, 7) is 15.4. The maximum atomic E-state index is 11.0. The first-order valence-corrected chi connectivity index (χ1v) is 10.4. The summed E-state index contributed by atoms with van der Waals surface area (Å²) in [5.74, 6) is 0.525. The molecule has 0 unspecified atom stereocenters. The van der Waals surface area contributed by atoms with E-state index < -0.39 is 0 Å². The van der Waals surface area contributed by atoms with Crippen molar-refractivity contribution in [1.29, 1.82) is 0 Å². The van der Waals surface area contributed by atoms with Crippen LogP contribution >= 0.6 is 0 Å². The molecule has 0 saturated carbocycles. The molecular weight excluding hydrogens is 304 g/mol. The molecule has 0 fully saturated rings. The lowest BCUT2D eigenvalue weighted by atomic mass is 9.76. The normalized spacial score (nSPS) is 12.6. The molecule has 0 amide bonds. The number of benzene rings is 1. The van der Waals surface area contributed by atoms with Crippen LogP contribution in [-0.4, -0.2) is 5.11 Å². The average Bonchev–Trinajstić information content (AvgIpc) is 2.47. The van der Waals surface area contributed by atoms with Gasteiger partial charge in [0, 0.05) is 5.56 Å². The van der Waals surface area contributed by atoms with Crippen LogP contribution in [0.4, 0.5) is 0 Å². The Balaban J connectivity index is 2.72. The van der Waals surface area contributed by atoms with Crippen molar-refractivity contribution in [2.75, 3.05) is 0 Å². The number of unbranched alkanes of at least 4 members (excludes halogenated alkanes) is 7. The van der Waals surface area contributed by atoms with E-state index in [4.69, 9.17) is 0 Å². The van der Waals surface area contributed by atoms with E-state index in [0.29, 0.717) is 5.75 Å². The Morgan fingerprint density at radius 1 is 0.720 bits per heavy atom. The molecule has 0 aliphatic rings. The van der Waals surface area contributed by atoms with Crippen molar-refractivity contribution in [3.05, 3.63) is 28.8 Å². The fourth-order valence-corrected chi connectivity index (χ4v) is 3.73. The van der Waals surface area contributed by atoms with E-state index in [1.165, 1.54) is 56.9 Å². The van der Waals surface area contributed by atoms with E-state index >= 15 is 0 Å². The summed E-state index contributed by atoms with van der Waals surface area (Å²) in [5.41, 5.74) is 3.51. The van der Waals surface area contributed by atoms with E-state index in [-0.39, 0.29) is 10.8 Å². The number of phenols is 1. The Morgan fingerprint density at radius 2 is 1.24 bits per heavy atom. The Kier molecular flexibility index (Phi) is 8.51. The van der Waals surface area contributed by atoms with Crippen molar-refractivity contribution >= 4 is 0 Å². The lowest BCUT2D eigenvalue weighted by Gasteiger charge is -2.29. The standard InChI is InChI=1S/C24H42O/c1-8-9-10-11-12-13-14-15-16-19-17-18-20(23(2,3)4)22(25)21(19)24(5,6)7/h17-18,25H,8-16H2,1-7H3. The summed E-state index contributed by atoms with van der Waals surface area (Å²) in [6, 6.07) is 4.41. The van der Waals surface area contributed by atoms with Crippen LogP contribution in [-0.2, 0) is 17.3 Å².